The fraction of sp³-hybridized carbons (Fsp3) is 0.440. The summed E-state index contributed by atoms with van der Waals surface area (Å²) in [6.07, 6.45) is 7.14. The Labute approximate surface area is 188 Å². The molecule has 3 heterocycles. The monoisotopic (exact) mass is 439 g/mol. The fourth-order valence-corrected chi connectivity index (χ4v) is 4.81. The zero-order valence-electron chi connectivity index (χ0n) is 19.5. The first-order chi connectivity index (χ1) is 15.1. The first-order valence-electron chi connectivity index (χ1n) is 10.7. The SMILES string of the molecule is COc1cc(-n2cc(C3CC(C)(C)OC(C)(C)C3)nc2-c2cnccc2OC)ccc1F. The Balaban J connectivity index is 1.88. The first-order valence-corrected chi connectivity index (χ1v) is 10.7. The normalized spacial score (nSPS) is 17.8. The minimum absolute atomic E-state index is 0.176. The Morgan fingerprint density at radius 2 is 1.72 bits per heavy atom. The topological polar surface area (TPSA) is 58.4 Å². The van der Waals surface area contributed by atoms with Crippen LogP contribution >= 0.6 is 0 Å². The molecule has 1 aromatic carbocycles. The summed E-state index contributed by atoms with van der Waals surface area (Å²) in [4.78, 5) is 9.33. The van der Waals surface area contributed by atoms with Crippen LogP contribution in [0.15, 0.2) is 42.9 Å². The van der Waals surface area contributed by atoms with Gasteiger partial charge in [0.25, 0.3) is 0 Å². The second kappa shape index (κ2) is 8.20. The summed E-state index contributed by atoms with van der Waals surface area (Å²) in [5.74, 6) is 1.32. The summed E-state index contributed by atoms with van der Waals surface area (Å²) in [5, 5.41) is 0. The van der Waals surface area contributed by atoms with E-state index in [9.17, 15) is 4.39 Å². The van der Waals surface area contributed by atoms with E-state index in [1.54, 1.807) is 37.7 Å². The van der Waals surface area contributed by atoms with Crippen molar-refractivity contribution in [3.63, 3.8) is 0 Å². The van der Waals surface area contributed by atoms with Gasteiger partial charge in [0.15, 0.2) is 11.6 Å². The highest BCUT2D eigenvalue weighted by Gasteiger charge is 2.41. The number of pyridine rings is 1. The van der Waals surface area contributed by atoms with Crippen molar-refractivity contribution >= 4 is 0 Å². The van der Waals surface area contributed by atoms with Crippen LogP contribution < -0.4 is 9.47 Å². The quantitative estimate of drug-likeness (QED) is 0.522. The number of imidazole rings is 1. The van der Waals surface area contributed by atoms with E-state index < -0.39 is 5.82 Å². The minimum atomic E-state index is -0.412. The molecule has 0 amide bonds. The van der Waals surface area contributed by atoms with E-state index in [1.807, 2.05) is 10.8 Å². The number of halogens is 1. The van der Waals surface area contributed by atoms with Crippen LogP contribution in [-0.4, -0.2) is 40.0 Å². The van der Waals surface area contributed by atoms with E-state index in [1.165, 1.54) is 13.2 Å². The Morgan fingerprint density at radius 1 is 1.03 bits per heavy atom. The molecule has 0 aliphatic carbocycles. The Kier molecular flexibility index (Phi) is 5.71. The lowest BCUT2D eigenvalue weighted by molar-refractivity contribution is -0.162. The summed E-state index contributed by atoms with van der Waals surface area (Å²) >= 11 is 0. The van der Waals surface area contributed by atoms with Crippen LogP contribution in [0.5, 0.6) is 11.5 Å². The van der Waals surface area contributed by atoms with E-state index in [4.69, 9.17) is 19.2 Å². The molecule has 0 atom stereocenters. The molecular formula is C25H30FN3O3. The summed E-state index contributed by atoms with van der Waals surface area (Å²) < 4.78 is 33.1. The molecule has 0 bridgehead atoms. The summed E-state index contributed by atoms with van der Waals surface area (Å²) in [6.45, 7) is 8.48. The second-order valence-corrected chi connectivity index (χ2v) is 9.48. The van der Waals surface area contributed by atoms with E-state index in [-0.39, 0.29) is 22.9 Å². The van der Waals surface area contributed by atoms with Crippen molar-refractivity contribution in [2.75, 3.05) is 14.2 Å². The van der Waals surface area contributed by atoms with Crippen molar-refractivity contribution in [1.29, 1.82) is 0 Å². The molecule has 0 unspecified atom stereocenters. The molecule has 4 rings (SSSR count). The molecule has 0 saturated carbocycles. The highest BCUT2D eigenvalue weighted by atomic mass is 19.1. The van der Waals surface area contributed by atoms with Crippen molar-refractivity contribution in [3.05, 3.63) is 54.4 Å². The van der Waals surface area contributed by atoms with Gasteiger partial charge in [0, 0.05) is 30.6 Å². The number of methoxy groups -OCH3 is 2. The zero-order valence-corrected chi connectivity index (χ0v) is 19.5. The van der Waals surface area contributed by atoms with Gasteiger partial charge in [-0.25, -0.2) is 9.37 Å². The fourth-order valence-electron chi connectivity index (χ4n) is 4.81. The molecule has 32 heavy (non-hydrogen) atoms. The van der Waals surface area contributed by atoms with Gasteiger partial charge in [-0.15, -0.1) is 0 Å². The standard InChI is InChI=1S/C25H30FN3O3/c1-24(2)12-16(13-25(3,4)32-24)20-15-29(17-7-8-19(26)22(11-17)31-6)23(28-20)18-14-27-10-9-21(18)30-5/h7-11,14-16H,12-13H2,1-6H3. The first kappa shape index (κ1) is 22.3. The lowest BCUT2D eigenvalue weighted by Gasteiger charge is -2.45. The maximum absolute atomic E-state index is 14.1. The van der Waals surface area contributed by atoms with Crippen molar-refractivity contribution in [3.8, 4) is 28.6 Å². The van der Waals surface area contributed by atoms with Gasteiger partial charge in [-0.3, -0.25) is 9.55 Å². The van der Waals surface area contributed by atoms with Crippen LogP contribution in [0.1, 0.15) is 52.1 Å². The lowest BCUT2D eigenvalue weighted by atomic mass is 9.79. The van der Waals surface area contributed by atoms with Crippen LogP contribution in [0.2, 0.25) is 0 Å². The van der Waals surface area contributed by atoms with Crippen molar-refractivity contribution in [1.82, 2.24) is 14.5 Å². The number of benzene rings is 1. The molecule has 170 valence electrons. The molecule has 1 fully saturated rings. The molecule has 1 aliphatic rings. The number of rotatable bonds is 5. The lowest BCUT2D eigenvalue weighted by Crippen LogP contribution is -2.44. The minimum Gasteiger partial charge on any atom is -0.496 e. The highest BCUT2D eigenvalue weighted by Crippen LogP contribution is 2.44. The molecule has 6 nitrogen and oxygen atoms in total. The molecule has 0 spiro atoms. The number of aromatic nitrogens is 3. The van der Waals surface area contributed by atoms with Gasteiger partial charge in [0.05, 0.1) is 42.4 Å². The molecule has 1 saturated heterocycles. The third-order valence-corrected chi connectivity index (χ3v) is 5.83. The van der Waals surface area contributed by atoms with Gasteiger partial charge < -0.3 is 14.2 Å². The molecular weight excluding hydrogens is 409 g/mol. The molecule has 3 aromatic rings. The second-order valence-electron chi connectivity index (χ2n) is 9.48. The number of nitrogens with zero attached hydrogens (tertiary/aromatic N) is 3. The van der Waals surface area contributed by atoms with Gasteiger partial charge in [-0.2, -0.15) is 0 Å². The highest BCUT2D eigenvalue weighted by molar-refractivity contribution is 5.66. The van der Waals surface area contributed by atoms with Crippen LogP contribution in [0, 0.1) is 5.82 Å². The third kappa shape index (κ3) is 4.35. The number of hydrogen-bond acceptors (Lipinski definition) is 5. The predicted octanol–water partition coefficient (Wildman–Crippen LogP) is 5.54. The van der Waals surface area contributed by atoms with Crippen LogP contribution in [0.3, 0.4) is 0 Å². The number of hydrogen-bond donors (Lipinski definition) is 0. The van der Waals surface area contributed by atoms with E-state index in [0.717, 1.165) is 29.8 Å². The summed E-state index contributed by atoms with van der Waals surface area (Å²) in [6, 6.07) is 6.59. The van der Waals surface area contributed by atoms with Crippen molar-refractivity contribution in [2.45, 2.75) is 57.7 Å². The molecule has 2 aromatic heterocycles. The van der Waals surface area contributed by atoms with Gasteiger partial charge in [0.1, 0.15) is 11.6 Å². The Morgan fingerprint density at radius 3 is 2.38 bits per heavy atom. The number of ether oxygens (including phenoxy) is 3. The van der Waals surface area contributed by atoms with Gasteiger partial charge in [-0.05, 0) is 58.7 Å². The average Bonchev–Trinajstić information content (AvgIpc) is 3.17. The largest absolute Gasteiger partial charge is 0.496 e. The van der Waals surface area contributed by atoms with E-state index >= 15 is 0 Å². The maximum Gasteiger partial charge on any atom is 0.165 e. The van der Waals surface area contributed by atoms with E-state index in [2.05, 4.69) is 32.7 Å². The maximum atomic E-state index is 14.1. The van der Waals surface area contributed by atoms with Crippen LogP contribution in [-0.2, 0) is 4.74 Å². The summed E-state index contributed by atoms with van der Waals surface area (Å²) in [7, 11) is 3.08. The average molecular weight is 440 g/mol. The third-order valence-electron chi connectivity index (χ3n) is 5.83. The summed E-state index contributed by atoms with van der Waals surface area (Å²) in [5.41, 5.74) is 1.94. The zero-order chi connectivity index (χ0) is 23.1. The van der Waals surface area contributed by atoms with Crippen LogP contribution in [0.4, 0.5) is 4.39 Å². The van der Waals surface area contributed by atoms with Gasteiger partial charge in [-0.1, -0.05) is 0 Å². The smallest absolute Gasteiger partial charge is 0.165 e. The molecule has 1 aliphatic heterocycles. The van der Waals surface area contributed by atoms with Gasteiger partial charge in [0.2, 0.25) is 0 Å². The van der Waals surface area contributed by atoms with E-state index in [0.29, 0.717) is 11.6 Å². The molecule has 0 N–H and O–H groups in total. The van der Waals surface area contributed by atoms with Gasteiger partial charge >= 0.3 is 0 Å². The molecule has 7 heteroatoms. The Bertz CT molecular complexity index is 1110. The van der Waals surface area contributed by atoms with Crippen molar-refractivity contribution < 1.29 is 18.6 Å². The van der Waals surface area contributed by atoms with Crippen LogP contribution in [0.25, 0.3) is 17.1 Å². The molecule has 0 radical (unpaired) electrons. The van der Waals surface area contributed by atoms with Crippen molar-refractivity contribution in [2.24, 2.45) is 0 Å². The predicted molar refractivity (Wildman–Crippen MR) is 121 cm³/mol. The Hall–Kier alpha value is -2.93.